The largest absolute Gasteiger partial charge is 0.465 e. The molecule has 5 heteroatoms. The van der Waals surface area contributed by atoms with E-state index >= 15 is 0 Å². The van der Waals surface area contributed by atoms with Crippen molar-refractivity contribution in [3.8, 4) is 5.75 Å². The standard InChI is InChI=1S/C21H28O5/c1-6-16(22)25-13(4)19-20(24)18-14(12-21(19,5)8-3)10-9-11-15(18)26-17(23)7-2/h8-11,17,19-20,23-24H,3-4,6-7,12H2,1-2,5H3. The lowest BCUT2D eigenvalue weighted by molar-refractivity contribution is -0.141. The summed E-state index contributed by atoms with van der Waals surface area (Å²) in [6, 6.07) is 5.47. The van der Waals surface area contributed by atoms with Gasteiger partial charge in [-0.1, -0.05) is 45.6 Å². The first-order valence-electron chi connectivity index (χ1n) is 8.95. The fourth-order valence-corrected chi connectivity index (χ4v) is 3.48. The Labute approximate surface area is 154 Å². The summed E-state index contributed by atoms with van der Waals surface area (Å²) in [5.74, 6) is -0.324. The van der Waals surface area contributed by atoms with Gasteiger partial charge >= 0.3 is 5.97 Å². The molecule has 1 aliphatic carbocycles. The van der Waals surface area contributed by atoms with E-state index in [1.54, 1.807) is 26.0 Å². The first-order chi connectivity index (χ1) is 12.3. The zero-order valence-corrected chi connectivity index (χ0v) is 15.7. The van der Waals surface area contributed by atoms with E-state index in [0.717, 1.165) is 5.56 Å². The van der Waals surface area contributed by atoms with Gasteiger partial charge < -0.3 is 19.7 Å². The van der Waals surface area contributed by atoms with Crippen molar-refractivity contribution in [2.75, 3.05) is 0 Å². The summed E-state index contributed by atoms with van der Waals surface area (Å²) in [7, 11) is 0. The molecule has 0 saturated heterocycles. The third kappa shape index (κ3) is 3.84. The van der Waals surface area contributed by atoms with E-state index in [-0.39, 0.29) is 12.2 Å². The molecule has 1 aromatic carbocycles. The zero-order valence-electron chi connectivity index (χ0n) is 15.7. The lowest BCUT2D eigenvalue weighted by atomic mass is 9.63. The molecule has 0 aliphatic heterocycles. The maximum Gasteiger partial charge on any atom is 0.310 e. The SMILES string of the molecule is C=CC1(C)Cc2cccc(OC(O)CC)c2C(O)C1C(=C)OC(=O)CC. The van der Waals surface area contributed by atoms with Gasteiger partial charge in [-0.05, 0) is 18.1 Å². The predicted molar refractivity (Wildman–Crippen MR) is 99.3 cm³/mol. The molecule has 0 fully saturated rings. The fourth-order valence-electron chi connectivity index (χ4n) is 3.48. The number of rotatable bonds is 7. The van der Waals surface area contributed by atoms with Crippen LogP contribution in [0.15, 0.2) is 43.2 Å². The molecule has 0 saturated carbocycles. The Hall–Kier alpha value is -2.11. The molecule has 142 valence electrons. The topological polar surface area (TPSA) is 76.0 Å². The highest BCUT2D eigenvalue weighted by molar-refractivity contribution is 5.70. The first kappa shape index (κ1) is 20.2. The van der Waals surface area contributed by atoms with Crippen molar-refractivity contribution in [3.63, 3.8) is 0 Å². The summed E-state index contributed by atoms with van der Waals surface area (Å²) < 4.78 is 10.9. The zero-order chi connectivity index (χ0) is 19.5. The minimum absolute atomic E-state index is 0.211. The lowest BCUT2D eigenvalue weighted by Crippen LogP contribution is -2.39. The Morgan fingerprint density at radius 3 is 2.73 bits per heavy atom. The highest BCUT2D eigenvalue weighted by Crippen LogP contribution is 2.52. The van der Waals surface area contributed by atoms with Crippen LogP contribution in [0.1, 0.15) is 50.8 Å². The van der Waals surface area contributed by atoms with Crippen LogP contribution < -0.4 is 4.74 Å². The number of aliphatic hydroxyl groups is 2. The van der Waals surface area contributed by atoms with E-state index < -0.39 is 29.7 Å². The molecule has 4 atom stereocenters. The van der Waals surface area contributed by atoms with Crippen LogP contribution in [0, 0.1) is 11.3 Å². The van der Waals surface area contributed by atoms with Crippen LogP contribution in [0.25, 0.3) is 0 Å². The van der Waals surface area contributed by atoms with E-state index in [1.165, 1.54) is 0 Å². The Bertz CT molecular complexity index is 696. The number of ether oxygens (including phenoxy) is 2. The molecule has 0 spiro atoms. The molecule has 1 aliphatic rings. The number of allylic oxidation sites excluding steroid dienone is 1. The Kier molecular flexibility index (Phi) is 6.26. The molecule has 5 nitrogen and oxygen atoms in total. The second kappa shape index (κ2) is 8.06. The number of esters is 1. The maximum atomic E-state index is 11.7. The van der Waals surface area contributed by atoms with Crippen LogP contribution in [0.4, 0.5) is 0 Å². The highest BCUT2D eigenvalue weighted by Gasteiger charge is 2.46. The summed E-state index contributed by atoms with van der Waals surface area (Å²) in [6.07, 6.45) is 1.04. The molecule has 0 radical (unpaired) electrons. The van der Waals surface area contributed by atoms with Crippen LogP contribution in [0.2, 0.25) is 0 Å². The lowest BCUT2D eigenvalue weighted by Gasteiger charge is -2.44. The Morgan fingerprint density at radius 2 is 2.15 bits per heavy atom. The second-order valence-corrected chi connectivity index (χ2v) is 6.91. The van der Waals surface area contributed by atoms with E-state index in [2.05, 4.69) is 13.2 Å². The van der Waals surface area contributed by atoms with Crippen molar-refractivity contribution in [2.24, 2.45) is 11.3 Å². The number of carbonyl (C=O) groups is 1. The van der Waals surface area contributed by atoms with Crippen LogP contribution in [-0.2, 0) is 16.0 Å². The van der Waals surface area contributed by atoms with Gasteiger partial charge in [-0.2, -0.15) is 0 Å². The van der Waals surface area contributed by atoms with Crippen molar-refractivity contribution >= 4 is 5.97 Å². The number of carbonyl (C=O) groups excluding carboxylic acids is 1. The van der Waals surface area contributed by atoms with Gasteiger partial charge in [-0.3, -0.25) is 4.79 Å². The van der Waals surface area contributed by atoms with Gasteiger partial charge in [0.2, 0.25) is 0 Å². The normalized spacial score (nSPS) is 25.7. The quantitative estimate of drug-likeness (QED) is 0.336. The second-order valence-electron chi connectivity index (χ2n) is 6.91. The maximum absolute atomic E-state index is 11.7. The van der Waals surface area contributed by atoms with E-state index in [0.29, 0.717) is 24.2 Å². The number of benzene rings is 1. The number of hydrogen-bond donors (Lipinski definition) is 2. The van der Waals surface area contributed by atoms with Gasteiger partial charge in [0.05, 0.1) is 12.0 Å². The fraction of sp³-hybridized carbons (Fsp3) is 0.476. The molecule has 0 aromatic heterocycles. The molecular formula is C21H28O5. The summed E-state index contributed by atoms with van der Waals surface area (Å²) in [4.78, 5) is 11.7. The third-order valence-corrected chi connectivity index (χ3v) is 5.01. The van der Waals surface area contributed by atoms with E-state index in [1.807, 2.05) is 19.1 Å². The van der Waals surface area contributed by atoms with E-state index in [4.69, 9.17) is 9.47 Å². The van der Waals surface area contributed by atoms with E-state index in [9.17, 15) is 15.0 Å². The molecule has 0 bridgehead atoms. The molecule has 0 amide bonds. The first-order valence-corrected chi connectivity index (χ1v) is 8.95. The van der Waals surface area contributed by atoms with Gasteiger partial charge in [0, 0.05) is 23.8 Å². The van der Waals surface area contributed by atoms with Gasteiger partial charge in [0.15, 0.2) is 6.29 Å². The minimum Gasteiger partial charge on any atom is -0.465 e. The van der Waals surface area contributed by atoms with Gasteiger partial charge in [0.1, 0.15) is 11.5 Å². The summed E-state index contributed by atoms with van der Waals surface area (Å²) in [5.41, 5.74) is 0.962. The number of hydrogen-bond acceptors (Lipinski definition) is 5. The third-order valence-electron chi connectivity index (χ3n) is 5.01. The molecule has 1 aromatic rings. The molecule has 2 rings (SSSR count). The van der Waals surface area contributed by atoms with Crippen LogP contribution in [0.3, 0.4) is 0 Å². The van der Waals surface area contributed by atoms with Gasteiger partial charge in [-0.15, -0.1) is 6.58 Å². The summed E-state index contributed by atoms with van der Waals surface area (Å²) >= 11 is 0. The Balaban J connectivity index is 2.48. The monoisotopic (exact) mass is 360 g/mol. The smallest absolute Gasteiger partial charge is 0.310 e. The van der Waals surface area contributed by atoms with Gasteiger partial charge in [-0.25, -0.2) is 0 Å². The summed E-state index contributed by atoms with van der Waals surface area (Å²) in [5, 5.41) is 21.0. The Morgan fingerprint density at radius 1 is 1.46 bits per heavy atom. The number of aliphatic hydroxyl groups excluding tert-OH is 2. The molecule has 2 N–H and O–H groups in total. The van der Waals surface area contributed by atoms with Crippen molar-refractivity contribution in [1.82, 2.24) is 0 Å². The highest BCUT2D eigenvalue weighted by atomic mass is 16.6. The van der Waals surface area contributed by atoms with Crippen molar-refractivity contribution < 1.29 is 24.5 Å². The molecule has 4 unspecified atom stereocenters. The molecule has 26 heavy (non-hydrogen) atoms. The predicted octanol–water partition coefficient (Wildman–Crippen LogP) is 3.66. The average molecular weight is 360 g/mol. The molecule has 0 heterocycles. The van der Waals surface area contributed by atoms with Crippen LogP contribution >= 0.6 is 0 Å². The molecular weight excluding hydrogens is 332 g/mol. The number of fused-ring (bicyclic) bond motifs is 1. The van der Waals surface area contributed by atoms with Crippen LogP contribution in [0.5, 0.6) is 5.75 Å². The van der Waals surface area contributed by atoms with Crippen molar-refractivity contribution in [3.05, 3.63) is 54.3 Å². The van der Waals surface area contributed by atoms with Crippen molar-refractivity contribution in [1.29, 1.82) is 0 Å². The summed E-state index contributed by atoms with van der Waals surface area (Å²) in [6.45, 7) is 13.3. The van der Waals surface area contributed by atoms with Crippen LogP contribution in [-0.4, -0.2) is 22.5 Å². The minimum atomic E-state index is -1.00. The average Bonchev–Trinajstić information content (AvgIpc) is 2.61. The van der Waals surface area contributed by atoms with Crippen molar-refractivity contribution in [2.45, 2.75) is 52.4 Å². The van der Waals surface area contributed by atoms with Gasteiger partial charge in [0.25, 0.3) is 0 Å².